The number of hydrogen-bond acceptors (Lipinski definition) is 6. The molecular formula is C24H29N5O5. The number of hydrogen-bond donors (Lipinski definition) is 4. The summed E-state index contributed by atoms with van der Waals surface area (Å²) < 4.78 is 5.78. The Kier molecular flexibility index (Phi) is 8.55. The van der Waals surface area contributed by atoms with Gasteiger partial charge in [-0.1, -0.05) is 12.1 Å². The molecule has 0 spiro atoms. The third-order valence-electron chi connectivity index (χ3n) is 5.73. The number of aromatic nitrogens is 1. The van der Waals surface area contributed by atoms with Gasteiger partial charge < -0.3 is 25.8 Å². The Morgan fingerprint density at radius 2 is 1.85 bits per heavy atom. The second-order valence-electron chi connectivity index (χ2n) is 8.07. The molecule has 10 heteroatoms. The van der Waals surface area contributed by atoms with Crippen molar-refractivity contribution in [2.75, 3.05) is 26.2 Å². The largest absolute Gasteiger partial charge is 0.491 e. The molecule has 5 N–H and O–H groups in total. The van der Waals surface area contributed by atoms with Crippen molar-refractivity contribution in [1.82, 2.24) is 15.2 Å². The van der Waals surface area contributed by atoms with Gasteiger partial charge in [-0.25, -0.2) is 0 Å². The van der Waals surface area contributed by atoms with Crippen molar-refractivity contribution in [2.24, 2.45) is 11.7 Å². The van der Waals surface area contributed by atoms with Crippen LogP contribution in [0, 0.1) is 11.3 Å². The van der Waals surface area contributed by atoms with Gasteiger partial charge in [0.05, 0.1) is 6.54 Å². The SMILES string of the molecule is N=C(N)c1ccc(CCC(=O)O)c(OCCNC(=O)C2CCN(C(=O)c3ccncc3)CC2)c1. The summed E-state index contributed by atoms with van der Waals surface area (Å²) in [4.78, 5) is 41.7. The van der Waals surface area contributed by atoms with E-state index in [2.05, 4.69) is 10.3 Å². The number of ether oxygens (including phenoxy) is 1. The van der Waals surface area contributed by atoms with Gasteiger partial charge in [0.1, 0.15) is 18.2 Å². The van der Waals surface area contributed by atoms with Crippen LogP contribution in [0.1, 0.15) is 40.7 Å². The molecule has 2 heterocycles. The normalized spacial score (nSPS) is 13.8. The van der Waals surface area contributed by atoms with E-state index in [0.717, 1.165) is 0 Å². The molecule has 2 aromatic rings. The van der Waals surface area contributed by atoms with Crippen molar-refractivity contribution in [3.63, 3.8) is 0 Å². The monoisotopic (exact) mass is 467 g/mol. The molecule has 1 aliphatic heterocycles. The highest BCUT2D eigenvalue weighted by Gasteiger charge is 2.27. The quantitative estimate of drug-likeness (QED) is 0.234. The van der Waals surface area contributed by atoms with Gasteiger partial charge >= 0.3 is 5.97 Å². The highest BCUT2D eigenvalue weighted by atomic mass is 16.5. The zero-order chi connectivity index (χ0) is 24.5. The number of nitrogens with zero attached hydrogens (tertiary/aromatic N) is 2. The number of carboxylic acid groups (broad SMARTS) is 1. The number of aliphatic carboxylic acids is 1. The molecule has 10 nitrogen and oxygen atoms in total. The van der Waals surface area contributed by atoms with Crippen LogP contribution >= 0.6 is 0 Å². The van der Waals surface area contributed by atoms with E-state index in [-0.39, 0.29) is 49.6 Å². The number of nitrogens with one attached hydrogen (secondary N) is 2. The maximum atomic E-state index is 12.6. The van der Waals surface area contributed by atoms with E-state index < -0.39 is 5.97 Å². The Labute approximate surface area is 197 Å². The summed E-state index contributed by atoms with van der Waals surface area (Å²) in [5.74, 6) is -0.886. The molecule has 34 heavy (non-hydrogen) atoms. The van der Waals surface area contributed by atoms with E-state index in [1.807, 2.05) is 0 Å². The Bertz CT molecular complexity index is 1040. The zero-order valence-electron chi connectivity index (χ0n) is 18.8. The lowest BCUT2D eigenvalue weighted by molar-refractivity contribution is -0.137. The molecule has 0 bridgehead atoms. The Morgan fingerprint density at radius 1 is 1.15 bits per heavy atom. The number of benzene rings is 1. The fourth-order valence-corrected chi connectivity index (χ4v) is 3.81. The molecule has 1 saturated heterocycles. The van der Waals surface area contributed by atoms with Crippen LogP contribution < -0.4 is 15.8 Å². The van der Waals surface area contributed by atoms with Crippen molar-refractivity contribution in [2.45, 2.75) is 25.7 Å². The molecule has 0 radical (unpaired) electrons. The average Bonchev–Trinajstić information content (AvgIpc) is 2.85. The van der Waals surface area contributed by atoms with Crippen LogP contribution in [-0.4, -0.2) is 64.9 Å². The van der Waals surface area contributed by atoms with Gasteiger partial charge in [-0.2, -0.15) is 0 Å². The summed E-state index contributed by atoms with van der Waals surface area (Å²) in [6.07, 6.45) is 4.58. The smallest absolute Gasteiger partial charge is 0.303 e. The highest BCUT2D eigenvalue weighted by molar-refractivity contribution is 5.95. The number of pyridine rings is 1. The molecular weight excluding hydrogens is 438 g/mol. The highest BCUT2D eigenvalue weighted by Crippen LogP contribution is 2.22. The standard InChI is InChI=1S/C24H29N5O5/c25-22(26)19-2-1-16(3-4-21(30)31)20(15-19)34-14-11-28-23(32)17-7-12-29(13-8-17)24(33)18-5-9-27-10-6-18/h1-2,5-6,9-10,15,17H,3-4,7-8,11-14H2,(H3,25,26)(H,28,32)(H,30,31). The molecule has 1 aliphatic rings. The summed E-state index contributed by atoms with van der Waals surface area (Å²) >= 11 is 0. The topological polar surface area (TPSA) is 159 Å². The first-order chi connectivity index (χ1) is 16.3. The van der Waals surface area contributed by atoms with Crippen molar-refractivity contribution >= 4 is 23.6 Å². The third kappa shape index (κ3) is 6.77. The number of likely N-dealkylation sites (tertiary alicyclic amines) is 1. The van der Waals surface area contributed by atoms with E-state index in [1.54, 1.807) is 47.6 Å². The van der Waals surface area contributed by atoms with Crippen LogP contribution in [0.4, 0.5) is 0 Å². The predicted octanol–water partition coefficient (Wildman–Crippen LogP) is 1.43. The van der Waals surface area contributed by atoms with Gasteiger partial charge in [0, 0.05) is 48.9 Å². The summed E-state index contributed by atoms with van der Waals surface area (Å²) in [7, 11) is 0. The van der Waals surface area contributed by atoms with Crippen LogP contribution in [0.25, 0.3) is 0 Å². The molecule has 3 rings (SSSR count). The van der Waals surface area contributed by atoms with Crippen LogP contribution in [0.5, 0.6) is 5.75 Å². The van der Waals surface area contributed by atoms with Crippen molar-refractivity contribution in [3.8, 4) is 5.75 Å². The Morgan fingerprint density at radius 3 is 2.50 bits per heavy atom. The number of rotatable bonds is 10. The molecule has 2 amide bonds. The lowest BCUT2D eigenvalue weighted by Gasteiger charge is -2.31. The lowest BCUT2D eigenvalue weighted by atomic mass is 9.95. The molecule has 1 aromatic heterocycles. The Balaban J connectivity index is 1.45. The first kappa shape index (κ1) is 24.7. The zero-order valence-corrected chi connectivity index (χ0v) is 18.8. The molecule has 0 aliphatic carbocycles. The van der Waals surface area contributed by atoms with Crippen molar-refractivity contribution < 1.29 is 24.2 Å². The van der Waals surface area contributed by atoms with Gasteiger partial charge in [-0.15, -0.1) is 0 Å². The number of aryl methyl sites for hydroxylation is 1. The van der Waals surface area contributed by atoms with Crippen LogP contribution in [-0.2, 0) is 16.0 Å². The first-order valence-electron chi connectivity index (χ1n) is 11.1. The minimum absolute atomic E-state index is 0.0468. The van der Waals surface area contributed by atoms with Crippen molar-refractivity contribution in [3.05, 3.63) is 59.4 Å². The Hall–Kier alpha value is -3.95. The molecule has 0 unspecified atom stereocenters. The summed E-state index contributed by atoms with van der Waals surface area (Å²) in [6, 6.07) is 8.33. The third-order valence-corrected chi connectivity index (χ3v) is 5.73. The number of nitrogens with two attached hydrogens (primary N) is 1. The fraction of sp³-hybridized carbons (Fsp3) is 0.375. The van der Waals surface area contributed by atoms with Gasteiger partial charge in [0.2, 0.25) is 5.91 Å². The summed E-state index contributed by atoms with van der Waals surface area (Å²) in [5, 5.41) is 19.4. The molecule has 180 valence electrons. The second-order valence-corrected chi connectivity index (χ2v) is 8.07. The minimum atomic E-state index is -0.914. The summed E-state index contributed by atoms with van der Waals surface area (Å²) in [6.45, 7) is 1.49. The maximum Gasteiger partial charge on any atom is 0.303 e. The van der Waals surface area contributed by atoms with E-state index in [4.69, 9.17) is 21.0 Å². The lowest BCUT2D eigenvalue weighted by Crippen LogP contribution is -2.43. The number of amidine groups is 1. The number of carbonyl (C=O) groups excluding carboxylic acids is 2. The number of carboxylic acids is 1. The number of piperidine rings is 1. The van der Waals surface area contributed by atoms with Gasteiger partial charge in [0.25, 0.3) is 5.91 Å². The van der Waals surface area contributed by atoms with E-state index >= 15 is 0 Å². The van der Waals surface area contributed by atoms with E-state index in [1.165, 1.54) is 0 Å². The minimum Gasteiger partial charge on any atom is -0.491 e. The van der Waals surface area contributed by atoms with Crippen LogP contribution in [0.15, 0.2) is 42.7 Å². The van der Waals surface area contributed by atoms with Gasteiger partial charge in [-0.3, -0.25) is 24.8 Å². The fourth-order valence-electron chi connectivity index (χ4n) is 3.81. The second kappa shape index (κ2) is 11.8. The van der Waals surface area contributed by atoms with Crippen LogP contribution in [0.3, 0.4) is 0 Å². The van der Waals surface area contributed by atoms with Gasteiger partial charge in [0.15, 0.2) is 0 Å². The molecule has 0 saturated carbocycles. The number of amides is 2. The van der Waals surface area contributed by atoms with E-state index in [0.29, 0.717) is 48.4 Å². The van der Waals surface area contributed by atoms with E-state index in [9.17, 15) is 14.4 Å². The predicted molar refractivity (Wildman–Crippen MR) is 125 cm³/mol. The molecule has 1 fully saturated rings. The maximum absolute atomic E-state index is 12.6. The number of carbonyl (C=O) groups is 3. The average molecular weight is 468 g/mol. The molecule has 1 aromatic carbocycles. The van der Waals surface area contributed by atoms with Crippen molar-refractivity contribution in [1.29, 1.82) is 5.41 Å². The molecule has 0 atom stereocenters. The first-order valence-corrected chi connectivity index (χ1v) is 11.1. The van der Waals surface area contributed by atoms with Gasteiger partial charge in [-0.05, 0) is 43.0 Å². The van der Waals surface area contributed by atoms with Crippen LogP contribution in [0.2, 0.25) is 0 Å². The number of nitrogen functional groups attached to an aromatic ring is 1. The summed E-state index contributed by atoms with van der Waals surface area (Å²) in [5.41, 5.74) is 7.31.